The van der Waals surface area contributed by atoms with Gasteiger partial charge in [0.05, 0.1) is 12.8 Å². The summed E-state index contributed by atoms with van der Waals surface area (Å²) in [6.45, 7) is 4.33. The minimum atomic E-state index is -0.658. The summed E-state index contributed by atoms with van der Waals surface area (Å²) in [6, 6.07) is 13.5. The molecule has 2 N–H and O–H groups in total. The molecule has 0 saturated heterocycles. The van der Waals surface area contributed by atoms with Crippen LogP contribution in [0.3, 0.4) is 0 Å². The quantitative estimate of drug-likeness (QED) is 0.370. The van der Waals surface area contributed by atoms with Crippen LogP contribution < -0.4 is 20.1 Å². The number of rotatable bonds is 10. The molecule has 160 valence electrons. The molecule has 0 unspecified atom stereocenters. The Labute approximate surface area is 178 Å². The number of anilines is 3. The second-order valence-corrected chi connectivity index (χ2v) is 6.16. The average Bonchev–Trinajstić information content (AvgIpc) is 2.77. The molecule has 3 aromatic rings. The first-order valence-electron chi connectivity index (χ1n) is 9.30. The Kier molecular flexibility index (Phi) is 7.50. The van der Waals surface area contributed by atoms with E-state index in [1.165, 1.54) is 0 Å². The van der Waals surface area contributed by atoms with Gasteiger partial charge in [-0.1, -0.05) is 12.6 Å². The first-order valence-corrected chi connectivity index (χ1v) is 9.30. The van der Waals surface area contributed by atoms with Crippen molar-refractivity contribution in [2.75, 3.05) is 31.0 Å². The van der Waals surface area contributed by atoms with Crippen molar-refractivity contribution in [2.45, 2.75) is 0 Å². The summed E-state index contributed by atoms with van der Waals surface area (Å²) in [5, 5.41) is 5.48. The Morgan fingerprint density at radius 3 is 2.61 bits per heavy atom. The lowest BCUT2D eigenvalue weighted by molar-refractivity contribution is -0.111. The molecule has 3 rings (SSSR count). The molecule has 1 amide bonds. The Morgan fingerprint density at radius 2 is 1.87 bits per heavy atom. The number of ether oxygens (including phenoxy) is 3. The molecule has 0 atom stereocenters. The molecule has 2 aromatic carbocycles. The molecule has 0 fully saturated rings. The SMILES string of the molecule is C=CC(=O)Nc1cccc(Nc2nc(Oc3ccc(OCCOC)cc3)ncc2F)c1. The number of halogens is 1. The minimum Gasteiger partial charge on any atom is -0.491 e. The summed E-state index contributed by atoms with van der Waals surface area (Å²) >= 11 is 0. The van der Waals surface area contributed by atoms with Crippen LogP contribution in [0.5, 0.6) is 17.5 Å². The molecule has 0 bridgehead atoms. The number of amides is 1. The average molecular weight is 424 g/mol. The van der Waals surface area contributed by atoms with E-state index < -0.39 is 5.82 Å². The fourth-order valence-corrected chi connectivity index (χ4v) is 2.44. The number of aromatic nitrogens is 2. The zero-order chi connectivity index (χ0) is 22.1. The van der Waals surface area contributed by atoms with Gasteiger partial charge in [0.25, 0.3) is 0 Å². The van der Waals surface area contributed by atoms with Gasteiger partial charge >= 0.3 is 6.01 Å². The van der Waals surface area contributed by atoms with Crippen molar-refractivity contribution in [2.24, 2.45) is 0 Å². The van der Waals surface area contributed by atoms with Crippen LogP contribution in [0.2, 0.25) is 0 Å². The number of hydrogen-bond acceptors (Lipinski definition) is 7. The predicted octanol–water partition coefficient (Wildman–Crippen LogP) is 4.30. The number of hydrogen-bond donors (Lipinski definition) is 2. The molecule has 0 aliphatic carbocycles. The van der Waals surface area contributed by atoms with E-state index in [9.17, 15) is 9.18 Å². The van der Waals surface area contributed by atoms with Gasteiger partial charge in [0, 0.05) is 18.5 Å². The van der Waals surface area contributed by atoms with Gasteiger partial charge in [-0.2, -0.15) is 4.98 Å². The second-order valence-electron chi connectivity index (χ2n) is 6.16. The summed E-state index contributed by atoms with van der Waals surface area (Å²) in [6.07, 6.45) is 2.17. The normalized spacial score (nSPS) is 10.3. The summed E-state index contributed by atoms with van der Waals surface area (Å²) in [4.78, 5) is 19.4. The van der Waals surface area contributed by atoms with Crippen LogP contribution >= 0.6 is 0 Å². The van der Waals surface area contributed by atoms with Crippen molar-refractivity contribution in [3.63, 3.8) is 0 Å². The van der Waals surface area contributed by atoms with E-state index >= 15 is 0 Å². The van der Waals surface area contributed by atoms with Crippen LogP contribution in [0.4, 0.5) is 21.6 Å². The molecule has 31 heavy (non-hydrogen) atoms. The van der Waals surface area contributed by atoms with E-state index in [0.717, 1.165) is 12.3 Å². The number of nitrogens with one attached hydrogen (secondary N) is 2. The highest BCUT2D eigenvalue weighted by Crippen LogP contribution is 2.25. The van der Waals surface area contributed by atoms with Gasteiger partial charge in [0.15, 0.2) is 11.6 Å². The number of carbonyl (C=O) groups excluding carboxylic acids is 1. The Morgan fingerprint density at radius 1 is 1.13 bits per heavy atom. The number of carbonyl (C=O) groups is 1. The lowest BCUT2D eigenvalue weighted by Crippen LogP contribution is -2.07. The van der Waals surface area contributed by atoms with Gasteiger partial charge < -0.3 is 24.8 Å². The van der Waals surface area contributed by atoms with Gasteiger partial charge in [-0.15, -0.1) is 0 Å². The van der Waals surface area contributed by atoms with Crippen LogP contribution in [0, 0.1) is 5.82 Å². The van der Waals surface area contributed by atoms with E-state index in [0.29, 0.717) is 36.1 Å². The van der Waals surface area contributed by atoms with Crippen LogP contribution in [-0.4, -0.2) is 36.2 Å². The monoisotopic (exact) mass is 424 g/mol. The summed E-state index contributed by atoms with van der Waals surface area (Å²) in [7, 11) is 1.60. The summed E-state index contributed by atoms with van der Waals surface area (Å²) < 4.78 is 30.2. The van der Waals surface area contributed by atoms with E-state index in [2.05, 4.69) is 27.2 Å². The number of methoxy groups -OCH3 is 1. The second kappa shape index (κ2) is 10.7. The minimum absolute atomic E-state index is 0.0342. The highest BCUT2D eigenvalue weighted by atomic mass is 19.1. The van der Waals surface area contributed by atoms with Crippen molar-refractivity contribution in [1.29, 1.82) is 0 Å². The molecule has 1 aromatic heterocycles. The zero-order valence-corrected chi connectivity index (χ0v) is 16.8. The maximum atomic E-state index is 14.2. The highest BCUT2D eigenvalue weighted by molar-refractivity contribution is 5.99. The Balaban J connectivity index is 1.68. The molecular weight excluding hydrogens is 403 g/mol. The van der Waals surface area contributed by atoms with Crippen molar-refractivity contribution in [1.82, 2.24) is 9.97 Å². The highest BCUT2D eigenvalue weighted by Gasteiger charge is 2.10. The first-order chi connectivity index (χ1) is 15.1. The fraction of sp³-hybridized carbons (Fsp3) is 0.136. The molecule has 8 nitrogen and oxygen atoms in total. The molecule has 0 radical (unpaired) electrons. The lowest BCUT2D eigenvalue weighted by atomic mass is 10.2. The zero-order valence-electron chi connectivity index (χ0n) is 16.8. The van der Waals surface area contributed by atoms with Crippen LogP contribution in [0.1, 0.15) is 0 Å². The van der Waals surface area contributed by atoms with Crippen LogP contribution in [0.15, 0.2) is 67.4 Å². The lowest BCUT2D eigenvalue weighted by Gasteiger charge is -2.11. The van der Waals surface area contributed by atoms with Crippen LogP contribution in [0.25, 0.3) is 0 Å². The summed E-state index contributed by atoms with van der Waals surface area (Å²) in [5.74, 6) is 0.0450. The molecule has 0 aliphatic rings. The van der Waals surface area contributed by atoms with E-state index in [-0.39, 0.29) is 17.7 Å². The topological polar surface area (TPSA) is 94.6 Å². The third-order valence-electron chi connectivity index (χ3n) is 3.89. The summed E-state index contributed by atoms with van der Waals surface area (Å²) in [5.41, 5.74) is 1.04. The Bertz CT molecular complexity index is 1040. The van der Waals surface area contributed by atoms with Crippen molar-refractivity contribution in [3.05, 3.63) is 73.2 Å². The van der Waals surface area contributed by atoms with Gasteiger partial charge in [0.1, 0.15) is 18.1 Å². The van der Waals surface area contributed by atoms with Crippen LogP contribution in [-0.2, 0) is 9.53 Å². The molecule has 9 heteroatoms. The van der Waals surface area contributed by atoms with E-state index in [1.54, 1.807) is 55.6 Å². The molecule has 1 heterocycles. The number of nitrogens with zero attached hydrogens (tertiary/aromatic N) is 2. The van der Waals surface area contributed by atoms with Gasteiger partial charge in [-0.25, -0.2) is 9.37 Å². The molecule has 0 aliphatic heterocycles. The van der Waals surface area contributed by atoms with Gasteiger partial charge in [-0.05, 0) is 48.5 Å². The first kappa shape index (κ1) is 21.7. The molecular formula is C22H21FN4O4. The molecule has 0 spiro atoms. The third-order valence-corrected chi connectivity index (χ3v) is 3.89. The largest absolute Gasteiger partial charge is 0.491 e. The third kappa shape index (κ3) is 6.51. The maximum Gasteiger partial charge on any atom is 0.324 e. The molecule has 0 saturated carbocycles. The van der Waals surface area contributed by atoms with Crippen molar-refractivity contribution >= 4 is 23.1 Å². The fourth-order valence-electron chi connectivity index (χ4n) is 2.44. The van der Waals surface area contributed by atoms with Gasteiger partial charge in [-0.3, -0.25) is 4.79 Å². The smallest absolute Gasteiger partial charge is 0.324 e. The standard InChI is InChI=1S/C22H21FN4O4/c1-3-20(28)25-15-5-4-6-16(13-15)26-21-19(23)14-24-22(27-21)31-18-9-7-17(8-10-18)30-12-11-29-2/h3-10,13-14H,1,11-12H2,2H3,(H,25,28)(H,24,26,27). The predicted molar refractivity (Wildman–Crippen MR) is 114 cm³/mol. The van der Waals surface area contributed by atoms with Crippen molar-refractivity contribution in [3.8, 4) is 17.5 Å². The Hall–Kier alpha value is -3.98. The van der Waals surface area contributed by atoms with E-state index in [4.69, 9.17) is 14.2 Å². The van der Waals surface area contributed by atoms with E-state index in [1.807, 2.05) is 0 Å². The maximum absolute atomic E-state index is 14.2. The van der Waals surface area contributed by atoms with Crippen molar-refractivity contribution < 1.29 is 23.4 Å². The van der Waals surface area contributed by atoms with Gasteiger partial charge in [0.2, 0.25) is 5.91 Å². The number of benzene rings is 2.